The number of fused-ring (bicyclic) bond motifs is 1. The van der Waals surface area contributed by atoms with Crippen LogP contribution in [0, 0.1) is 35.5 Å². The molecule has 3 aromatic rings. The highest BCUT2D eigenvalue weighted by atomic mass is 16.5. The van der Waals surface area contributed by atoms with Crippen molar-refractivity contribution in [3.63, 3.8) is 0 Å². The molecule has 2 aromatic carbocycles. The number of benzene rings is 2. The number of carbonyl (C=O) groups excluding carboxylic acids is 3. The largest absolute Gasteiger partial charge is 0.497 e. The third-order valence-corrected chi connectivity index (χ3v) is 8.00. The summed E-state index contributed by atoms with van der Waals surface area (Å²) >= 11 is 0. The number of carbonyl (C=O) groups is 3. The number of allylic oxidation sites excluding steroid dienone is 2. The minimum absolute atomic E-state index is 0.0907. The average Bonchev–Trinajstić information content (AvgIpc) is 3.50. The summed E-state index contributed by atoms with van der Waals surface area (Å²) in [6.45, 7) is 0. The molecule has 0 radical (unpaired) electrons. The Balaban J connectivity index is 1.21. The summed E-state index contributed by atoms with van der Waals surface area (Å²) < 4.78 is 10.9. The normalized spacial score (nSPS) is 31.1. The maximum atomic E-state index is 13.4. The van der Waals surface area contributed by atoms with E-state index in [0.717, 1.165) is 6.42 Å². The highest BCUT2D eigenvalue weighted by molar-refractivity contribution is 6.23. The minimum atomic E-state index is -0.239. The summed E-state index contributed by atoms with van der Waals surface area (Å²) in [6.07, 6.45) is 5.48. The second-order valence-corrected chi connectivity index (χ2v) is 9.56. The fourth-order valence-corrected chi connectivity index (χ4v) is 6.38. The second kappa shape index (κ2) is 6.44. The number of methoxy groups -OCH3 is 1. The molecule has 2 amide bonds. The number of ether oxygens (including phenoxy) is 1. The van der Waals surface area contributed by atoms with Crippen molar-refractivity contribution >= 4 is 34.3 Å². The molecule has 1 aromatic heterocycles. The molecule has 164 valence electrons. The lowest BCUT2D eigenvalue weighted by Gasteiger charge is -2.37. The highest BCUT2D eigenvalue weighted by Gasteiger charge is 2.67. The molecule has 6 nitrogen and oxygen atoms in total. The van der Waals surface area contributed by atoms with Gasteiger partial charge in [0.15, 0.2) is 5.76 Å². The Labute approximate surface area is 189 Å². The van der Waals surface area contributed by atoms with E-state index in [0.29, 0.717) is 39.8 Å². The standard InChI is InChI=1S/C27H21NO5/c1-32-16-5-2-13(3-6-16)25(29)22-11-14-10-15(4-9-21(14)33-22)28-26(30)23-17-7-8-18(20-12-19(17)20)24(23)27(28)31/h2-11,17-20,23-24H,12H2,1H3/t17-,18+,19+,20-,23-,24+. The van der Waals surface area contributed by atoms with E-state index in [9.17, 15) is 14.4 Å². The van der Waals surface area contributed by atoms with E-state index in [4.69, 9.17) is 9.15 Å². The van der Waals surface area contributed by atoms with Crippen LogP contribution in [0.4, 0.5) is 5.69 Å². The van der Waals surface area contributed by atoms with Gasteiger partial charge in [-0.3, -0.25) is 14.4 Å². The molecular formula is C27H21NO5. The first-order chi connectivity index (χ1) is 16.0. The highest BCUT2D eigenvalue weighted by Crippen LogP contribution is 2.65. The van der Waals surface area contributed by atoms with Gasteiger partial charge in [0.2, 0.25) is 17.6 Å². The smallest absolute Gasteiger partial charge is 0.238 e. The van der Waals surface area contributed by atoms with E-state index in [1.807, 2.05) is 0 Å². The van der Waals surface area contributed by atoms with Gasteiger partial charge in [-0.1, -0.05) is 12.2 Å². The molecule has 2 saturated carbocycles. The predicted molar refractivity (Wildman–Crippen MR) is 120 cm³/mol. The SMILES string of the molecule is COc1ccc(C(=O)c2cc3cc(N4C(=O)[C@@H]5[C@@H]6C=C[C@@H]([C@H]7C[C@@H]67)[C@@H]5C4=O)ccc3o2)cc1. The van der Waals surface area contributed by atoms with Gasteiger partial charge >= 0.3 is 0 Å². The summed E-state index contributed by atoms with van der Waals surface area (Å²) in [4.78, 5) is 41.0. The maximum Gasteiger partial charge on any atom is 0.238 e. The number of ketones is 1. The van der Waals surface area contributed by atoms with Crippen molar-refractivity contribution in [2.75, 3.05) is 12.0 Å². The number of imide groups is 1. The number of amides is 2. The van der Waals surface area contributed by atoms with Crippen molar-refractivity contribution in [1.29, 1.82) is 0 Å². The summed E-state index contributed by atoms with van der Waals surface area (Å²) in [7, 11) is 1.57. The molecule has 3 fully saturated rings. The van der Waals surface area contributed by atoms with Gasteiger partial charge < -0.3 is 9.15 Å². The number of furan rings is 1. The summed E-state index contributed by atoms with van der Waals surface area (Å²) in [5.41, 5.74) is 1.57. The van der Waals surface area contributed by atoms with Crippen LogP contribution in [0.3, 0.4) is 0 Å². The lowest BCUT2D eigenvalue weighted by Crippen LogP contribution is -2.40. The van der Waals surface area contributed by atoms with Crippen LogP contribution in [-0.4, -0.2) is 24.7 Å². The Bertz CT molecular complexity index is 1350. The van der Waals surface area contributed by atoms with E-state index < -0.39 is 0 Å². The number of hydrogen-bond acceptors (Lipinski definition) is 5. The van der Waals surface area contributed by atoms with Gasteiger partial charge in [-0.2, -0.15) is 0 Å². The van der Waals surface area contributed by atoms with Crippen molar-refractivity contribution in [3.8, 4) is 5.75 Å². The van der Waals surface area contributed by atoms with E-state index in [-0.39, 0.29) is 47.0 Å². The molecule has 0 N–H and O–H groups in total. The molecule has 0 unspecified atom stereocenters. The van der Waals surface area contributed by atoms with Crippen LogP contribution in [0.1, 0.15) is 22.5 Å². The molecule has 1 saturated heterocycles. The van der Waals surface area contributed by atoms with E-state index in [2.05, 4.69) is 12.2 Å². The van der Waals surface area contributed by atoms with Crippen LogP contribution in [0.15, 0.2) is 65.1 Å². The van der Waals surface area contributed by atoms with Gasteiger partial charge in [0.25, 0.3) is 0 Å². The topological polar surface area (TPSA) is 76.8 Å². The summed E-state index contributed by atoms with van der Waals surface area (Å²) in [5, 5.41) is 0.684. The lowest BCUT2D eigenvalue weighted by molar-refractivity contribution is -0.124. The van der Waals surface area contributed by atoms with Gasteiger partial charge in [-0.25, -0.2) is 4.90 Å². The van der Waals surface area contributed by atoms with Gasteiger partial charge in [-0.05, 0) is 78.6 Å². The van der Waals surface area contributed by atoms with Crippen LogP contribution in [0.2, 0.25) is 0 Å². The second-order valence-electron chi connectivity index (χ2n) is 9.56. The maximum absolute atomic E-state index is 13.4. The average molecular weight is 439 g/mol. The first-order valence-corrected chi connectivity index (χ1v) is 11.3. The number of rotatable bonds is 4. The van der Waals surface area contributed by atoms with Gasteiger partial charge in [0.1, 0.15) is 11.3 Å². The fourth-order valence-electron chi connectivity index (χ4n) is 6.38. The van der Waals surface area contributed by atoms with Crippen LogP contribution in [0.25, 0.3) is 11.0 Å². The third kappa shape index (κ3) is 2.52. The zero-order valence-electron chi connectivity index (χ0n) is 17.9. The molecular weight excluding hydrogens is 418 g/mol. The van der Waals surface area contributed by atoms with E-state index in [1.165, 1.54) is 4.90 Å². The first-order valence-electron chi connectivity index (χ1n) is 11.3. The molecule has 33 heavy (non-hydrogen) atoms. The molecule has 0 spiro atoms. The number of nitrogens with zero attached hydrogens (tertiary/aromatic N) is 1. The van der Waals surface area contributed by atoms with Crippen molar-refractivity contribution in [3.05, 3.63) is 72.0 Å². The fraction of sp³-hybridized carbons (Fsp3) is 0.296. The molecule has 6 atom stereocenters. The molecule has 5 aliphatic rings. The van der Waals surface area contributed by atoms with E-state index >= 15 is 0 Å². The molecule has 2 heterocycles. The van der Waals surface area contributed by atoms with Crippen LogP contribution in [-0.2, 0) is 9.59 Å². The van der Waals surface area contributed by atoms with Crippen molar-refractivity contribution in [2.24, 2.45) is 35.5 Å². The molecule has 6 heteroatoms. The summed E-state index contributed by atoms with van der Waals surface area (Å²) in [5.74, 6) is 1.52. The van der Waals surface area contributed by atoms with E-state index in [1.54, 1.807) is 55.6 Å². The Morgan fingerprint density at radius 3 is 2.24 bits per heavy atom. The summed E-state index contributed by atoms with van der Waals surface area (Å²) in [6, 6.07) is 13.7. The van der Waals surface area contributed by atoms with Gasteiger partial charge in [-0.15, -0.1) is 0 Å². The van der Waals surface area contributed by atoms with Crippen molar-refractivity contribution in [2.45, 2.75) is 6.42 Å². The van der Waals surface area contributed by atoms with Crippen LogP contribution >= 0.6 is 0 Å². The molecule has 1 aliphatic heterocycles. The van der Waals surface area contributed by atoms with Gasteiger partial charge in [0.05, 0.1) is 24.6 Å². The Kier molecular flexibility index (Phi) is 3.68. The third-order valence-electron chi connectivity index (χ3n) is 8.00. The van der Waals surface area contributed by atoms with Crippen molar-refractivity contribution < 1.29 is 23.5 Å². The zero-order chi connectivity index (χ0) is 22.4. The van der Waals surface area contributed by atoms with Crippen molar-refractivity contribution in [1.82, 2.24) is 0 Å². The minimum Gasteiger partial charge on any atom is -0.497 e. The van der Waals surface area contributed by atoms with Crippen LogP contribution in [0.5, 0.6) is 5.75 Å². The van der Waals surface area contributed by atoms with Gasteiger partial charge in [0, 0.05) is 10.9 Å². The quantitative estimate of drug-likeness (QED) is 0.345. The van der Waals surface area contributed by atoms with Crippen LogP contribution < -0.4 is 9.64 Å². The Hall–Kier alpha value is -3.67. The number of hydrogen-bond donors (Lipinski definition) is 0. The zero-order valence-corrected chi connectivity index (χ0v) is 17.9. The molecule has 8 rings (SSSR count). The Morgan fingerprint density at radius 1 is 0.939 bits per heavy atom. The monoisotopic (exact) mass is 439 g/mol. The molecule has 4 aliphatic carbocycles. The first kappa shape index (κ1) is 18.9. The lowest BCUT2D eigenvalue weighted by atomic mass is 9.63. The Morgan fingerprint density at radius 2 is 1.61 bits per heavy atom. The number of anilines is 1. The molecule has 2 bridgehead atoms. The predicted octanol–water partition coefficient (Wildman–Crippen LogP) is 4.23.